The number of carbonyl (C=O) groups excluding carboxylic acids is 3. The van der Waals surface area contributed by atoms with Crippen molar-refractivity contribution in [2.75, 3.05) is 13.7 Å². The molecular weight excluding hydrogens is 320 g/mol. The highest BCUT2D eigenvalue weighted by molar-refractivity contribution is 6.36. The van der Waals surface area contributed by atoms with Gasteiger partial charge in [-0.25, -0.2) is 4.79 Å². The average molecular weight is 340 g/mol. The number of ether oxygens (including phenoxy) is 2. The topological polar surface area (TPSA) is 69.7 Å². The third kappa shape index (κ3) is 4.76. The Labute approximate surface area is 146 Å². The third-order valence-corrected chi connectivity index (χ3v) is 3.80. The van der Waals surface area contributed by atoms with Crippen LogP contribution in [0.5, 0.6) is 5.75 Å². The van der Waals surface area contributed by atoms with Gasteiger partial charge in [0.1, 0.15) is 5.75 Å². The van der Waals surface area contributed by atoms with Crippen molar-refractivity contribution in [2.45, 2.75) is 19.3 Å². The molecule has 2 aromatic carbocycles. The molecule has 2 aromatic rings. The summed E-state index contributed by atoms with van der Waals surface area (Å²) in [4.78, 5) is 36.9. The van der Waals surface area contributed by atoms with Crippen LogP contribution in [0.25, 0.3) is 0 Å². The maximum absolute atomic E-state index is 12.5. The van der Waals surface area contributed by atoms with Crippen molar-refractivity contribution in [1.82, 2.24) is 0 Å². The zero-order valence-corrected chi connectivity index (χ0v) is 14.2. The fourth-order valence-electron chi connectivity index (χ4n) is 2.47. The van der Waals surface area contributed by atoms with Crippen molar-refractivity contribution >= 4 is 17.5 Å². The zero-order valence-electron chi connectivity index (χ0n) is 14.2. The molecule has 0 spiro atoms. The van der Waals surface area contributed by atoms with Crippen LogP contribution in [0.3, 0.4) is 0 Å². The first kappa shape index (κ1) is 18.4. The summed E-state index contributed by atoms with van der Waals surface area (Å²) in [5, 5.41) is 0. The Morgan fingerprint density at radius 2 is 1.60 bits per heavy atom. The van der Waals surface area contributed by atoms with Gasteiger partial charge < -0.3 is 9.47 Å². The van der Waals surface area contributed by atoms with Gasteiger partial charge in [0, 0.05) is 12.0 Å². The highest BCUT2D eigenvalue weighted by Crippen LogP contribution is 2.25. The summed E-state index contributed by atoms with van der Waals surface area (Å²) in [7, 11) is 1.54. The number of esters is 1. The summed E-state index contributed by atoms with van der Waals surface area (Å²) in [5.74, 6) is -2.13. The number of hydrogen-bond donors (Lipinski definition) is 0. The lowest BCUT2D eigenvalue weighted by molar-refractivity contribution is -0.154. The van der Waals surface area contributed by atoms with Gasteiger partial charge in [-0.2, -0.15) is 0 Å². The van der Waals surface area contributed by atoms with E-state index < -0.39 is 17.7 Å². The highest BCUT2D eigenvalue weighted by Gasteiger charge is 2.30. The number of carbonyl (C=O) groups is 3. The molecular formula is C20H20O5. The molecule has 0 fully saturated rings. The van der Waals surface area contributed by atoms with E-state index in [4.69, 9.17) is 9.47 Å². The summed E-state index contributed by atoms with van der Waals surface area (Å²) in [6, 6.07) is 15.4. The van der Waals surface area contributed by atoms with Crippen LogP contribution in [0.4, 0.5) is 0 Å². The van der Waals surface area contributed by atoms with E-state index in [1.165, 1.54) is 7.11 Å². The number of hydrogen-bond acceptors (Lipinski definition) is 5. The van der Waals surface area contributed by atoms with E-state index in [0.717, 1.165) is 0 Å². The van der Waals surface area contributed by atoms with E-state index >= 15 is 0 Å². The Morgan fingerprint density at radius 1 is 0.960 bits per heavy atom. The summed E-state index contributed by atoms with van der Waals surface area (Å²) in [6.07, 6.45) is -0.103. The molecule has 1 atom stereocenters. The van der Waals surface area contributed by atoms with Crippen LogP contribution in [-0.2, 0) is 14.3 Å². The van der Waals surface area contributed by atoms with E-state index in [1.807, 2.05) is 6.07 Å². The van der Waals surface area contributed by atoms with Crippen LogP contribution in [0.1, 0.15) is 35.2 Å². The Hall–Kier alpha value is -2.95. The fraction of sp³-hybridized carbons (Fsp3) is 0.250. The number of ketones is 2. The van der Waals surface area contributed by atoms with E-state index in [-0.39, 0.29) is 18.8 Å². The minimum absolute atomic E-state index is 0.103. The first-order valence-corrected chi connectivity index (χ1v) is 8.00. The first-order chi connectivity index (χ1) is 12.1. The Morgan fingerprint density at radius 3 is 2.16 bits per heavy atom. The molecule has 0 aliphatic carbocycles. The van der Waals surface area contributed by atoms with Gasteiger partial charge in [0.05, 0.1) is 19.6 Å². The first-order valence-electron chi connectivity index (χ1n) is 8.00. The molecule has 1 unspecified atom stereocenters. The summed E-state index contributed by atoms with van der Waals surface area (Å²) in [6.45, 7) is 1.73. The van der Waals surface area contributed by atoms with Crippen molar-refractivity contribution < 1.29 is 23.9 Å². The van der Waals surface area contributed by atoms with Gasteiger partial charge in [0.25, 0.3) is 0 Å². The SMILES string of the molecule is CCOC(=O)C(=O)C(CC(=O)c1ccccc1)c1ccc(OC)cc1. The molecule has 5 nitrogen and oxygen atoms in total. The minimum atomic E-state index is -0.927. The van der Waals surface area contributed by atoms with Gasteiger partial charge in [-0.3, -0.25) is 9.59 Å². The second-order valence-corrected chi connectivity index (χ2v) is 5.40. The smallest absolute Gasteiger partial charge is 0.375 e. The predicted octanol–water partition coefficient (Wildman–Crippen LogP) is 3.18. The van der Waals surface area contributed by atoms with E-state index in [1.54, 1.807) is 55.5 Å². The maximum Gasteiger partial charge on any atom is 0.375 e. The molecule has 0 heterocycles. The second-order valence-electron chi connectivity index (χ2n) is 5.40. The Kier molecular flexibility index (Phi) is 6.46. The van der Waals surface area contributed by atoms with Gasteiger partial charge in [0.2, 0.25) is 5.78 Å². The molecule has 0 aliphatic heterocycles. The van der Waals surface area contributed by atoms with Gasteiger partial charge in [-0.05, 0) is 24.6 Å². The van der Waals surface area contributed by atoms with Gasteiger partial charge in [0.15, 0.2) is 5.78 Å². The van der Waals surface area contributed by atoms with Crippen molar-refractivity contribution in [1.29, 1.82) is 0 Å². The average Bonchev–Trinajstić information content (AvgIpc) is 2.66. The van der Waals surface area contributed by atoms with Gasteiger partial charge in [-0.1, -0.05) is 42.5 Å². The van der Waals surface area contributed by atoms with Crippen LogP contribution < -0.4 is 4.74 Å². The predicted molar refractivity (Wildman–Crippen MR) is 92.8 cm³/mol. The summed E-state index contributed by atoms with van der Waals surface area (Å²) in [5.41, 5.74) is 1.07. The highest BCUT2D eigenvalue weighted by atomic mass is 16.5. The molecule has 0 saturated carbocycles. The molecule has 0 N–H and O–H groups in total. The molecule has 5 heteroatoms. The minimum Gasteiger partial charge on any atom is -0.497 e. The van der Waals surface area contributed by atoms with Crippen LogP contribution in [0, 0.1) is 0 Å². The van der Waals surface area contributed by atoms with Crippen LogP contribution in [-0.4, -0.2) is 31.3 Å². The number of rotatable bonds is 8. The van der Waals surface area contributed by atoms with E-state index in [0.29, 0.717) is 16.9 Å². The quantitative estimate of drug-likeness (QED) is 0.419. The molecule has 0 bridgehead atoms. The fourth-order valence-corrected chi connectivity index (χ4v) is 2.47. The number of Topliss-reactive ketones (excluding diaryl/α,β-unsaturated/α-hetero) is 2. The lowest BCUT2D eigenvalue weighted by Crippen LogP contribution is -2.26. The lowest BCUT2D eigenvalue weighted by atomic mass is 9.88. The third-order valence-electron chi connectivity index (χ3n) is 3.80. The van der Waals surface area contributed by atoms with Gasteiger partial charge >= 0.3 is 5.97 Å². The molecule has 0 radical (unpaired) electrons. The standard InChI is InChI=1S/C20H20O5/c1-3-25-20(23)19(22)17(14-9-11-16(24-2)12-10-14)13-18(21)15-7-5-4-6-8-15/h4-12,17H,3,13H2,1-2H3. The summed E-state index contributed by atoms with van der Waals surface area (Å²) < 4.78 is 9.92. The monoisotopic (exact) mass is 340 g/mol. The Bertz CT molecular complexity index is 734. The van der Waals surface area contributed by atoms with Crippen molar-refractivity contribution in [3.8, 4) is 5.75 Å². The zero-order chi connectivity index (χ0) is 18.2. The van der Waals surface area contributed by atoms with Crippen molar-refractivity contribution in [2.24, 2.45) is 0 Å². The summed E-state index contributed by atoms with van der Waals surface area (Å²) >= 11 is 0. The molecule has 2 rings (SSSR count). The Balaban J connectivity index is 2.29. The van der Waals surface area contributed by atoms with Crippen molar-refractivity contribution in [3.05, 3.63) is 65.7 Å². The van der Waals surface area contributed by atoms with Crippen molar-refractivity contribution in [3.63, 3.8) is 0 Å². The van der Waals surface area contributed by atoms with E-state index in [9.17, 15) is 14.4 Å². The number of methoxy groups -OCH3 is 1. The van der Waals surface area contributed by atoms with Gasteiger partial charge in [-0.15, -0.1) is 0 Å². The number of benzene rings is 2. The molecule has 0 aromatic heterocycles. The molecule has 130 valence electrons. The van der Waals surface area contributed by atoms with Crippen LogP contribution in [0.15, 0.2) is 54.6 Å². The normalized spacial score (nSPS) is 11.4. The lowest BCUT2D eigenvalue weighted by Gasteiger charge is -2.15. The van der Waals surface area contributed by atoms with E-state index in [2.05, 4.69) is 0 Å². The largest absolute Gasteiger partial charge is 0.497 e. The van der Waals surface area contributed by atoms with Crippen LogP contribution in [0.2, 0.25) is 0 Å². The molecule has 25 heavy (non-hydrogen) atoms. The molecule has 0 amide bonds. The second kappa shape index (κ2) is 8.78. The van der Waals surface area contributed by atoms with Crippen LogP contribution >= 0.6 is 0 Å². The molecule has 0 aliphatic rings. The molecule has 0 saturated heterocycles. The maximum atomic E-state index is 12.5.